The van der Waals surface area contributed by atoms with E-state index in [0.29, 0.717) is 0 Å². The molecule has 2 nitrogen and oxygen atoms in total. The van der Waals surface area contributed by atoms with Gasteiger partial charge >= 0.3 is 0 Å². The maximum absolute atomic E-state index is 6.06. The van der Waals surface area contributed by atoms with E-state index >= 15 is 0 Å². The topological polar surface area (TPSA) is 17.3 Å². The van der Waals surface area contributed by atoms with E-state index in [1.54, 1.807) is 0 Å². The highest BCUT2D eigenvalue weighted by molar-refractivity contribution is 7.09. The quantitative estimate of drug-likeness (QED) is 0.602. The van der Waals surface area contributed by atoms with Gasteiger partial charge in [-0.05, 0) is 62.1 Å². The van der Waals surface area contributed by atoms with Gasteiger partial charge in [-0.2, -0.15) is 0 Å². The largest absolute Gasteiger partial charge is 0.289 e. The van der Waals surface area contributed by atoms with Crippen LogP contribution < -0.4 is 4.80 Å². The standard InChI is InChI=1S/C19H17ClN2S/c20-14-10-12-16(13-11-14)22-17-8-4-5-9-18(17)23-19(22)21-15-6-2-1-3-7-15/h1-3,6-7,10-13H,4-5,8-9H2. The van der Waals surface area contributed by atoms with Gasteiger partial charge in [0, 0.05) is 21.3 Å². The Kier molecular flexibility index (Phi) is 4.06. The highest BCUT2D eigenvalue weighted by Gasteiger charge is 2.18. The van der Waals surface area contributed by atoms with E-state index in [0.717, 1.165) is 34.0 Å². The van der Waals surface area contributed by atoms with Crippen LogP contribution in [0.2, 0.25) is 5.02 Å². The van der Waals surface area contributed by atoms with Crippen molar-refractivity contribution in [2.45, 2.75) is 25.7 Å². The highest BCUT2D eigenvalue weighted by Crippen LogP contribution is 2.27. The molecule has 116 valence electrons. The maximum atomic E-state index is 6.06. The molecule has 23 heavy (non-hydrogen) atoms. The van der Waals surface area contributed by atoms with Gasteiger partial charge in [-0.1, -0.05) is 29.8 Å². The number of rotatable bonds is 2. The molecule has 1 heterocycles. The SMILES string of the molecule is Clc1ccc(-n2c3c(sc2=Nc2ccccc2)CCCC3)cc1. The van der Waals surface area contributed by atoms with E-state index in [9.17, 15) is 0 Å². The number of fused-ring (bicyclic) bond motifs is 1. The van der Waals surface area contributed by atoms with Crippen molar-refractivity contribution in [1.29, 1.82) is 0 Å². The average molecular weight is 341 g/mol. The molecule has 4 heteroatoms. The van der Waals surface area contributed by atoms with Gasteiger partial charge in [0.25, 0.3) is 0 Å². The minimum Gasteiger partial charge on any atom is -0.289 e. The molecule has 0 saturated heterocycles. The minimum atomic E-state index is 0.764. The fourth-order valence-corrected chi connectivity index (χ4v) is 4.38. The number of thiazole rings is 1. The lowest BCUT2D eigenvalue weighted by atomic mass is 10.0. The fraction of sp³-hybridized carbons (Fsp3) is 0.211. The van der Waals surface area contributed by atoms with Crippen molar-refractivity contribution in [3.05, 3.63) is 75.0 Å². The Morgan fingerprint density at radius 3 is 2.43 bits per heavy atom. The average Bonchev–Trinajstić information content (AvgIpc) is 2.94. The monoisotopic (exact) mass is 340 g/mol. The molecule has 0 aliphatic heterocycles. The summed E-state index contributed by atoms with van der Waals surface area (Å²) >= 11 is 7.88. The molecule has 0 atom stereocenters. The summed E-state index contributed by atoms with van der Waals surface area (Å²) in [6.07, 6.45) is 4.82. The van der Waals surface area contributed by atoms with Crippen LogP contribution in [0.5, 0.6) is 0 Å². The molecule has 0 amide bonds. The van der Waals surface area contributed by atoms with Crippen molar-refractivity contribution < 1.29 is 0 Å². The molecule has 0 radical (unpaired) electrons. The van der Waals surface area contributed by atoms with Gasteiger partial charge in [0.1, 0.15) is 0 Å². The van der Waals surface area contributed by atoms with Crippen LogP contribution in [0.4, 0.5) is 5.69 Å². The first-order valence-electron chi connectivity index (χ1n) is 7.90. The number of benzene rings is 2. The molecule has 0 spiro atoms. The first-order valence-corrected chi connectivity index (χ1v) is 9.10. The number of hydrogen-bond donors (Lipinski definition) is 0. The lowest BCUT2D eigenvalue weighted by Crippen LogP contribution is -2.16. The summed E-state index contributed by atoms with van der Waals surface area (Å²) in [7, 11) is 0. The van der Waals surface area contributed by atoms with Gasteiger partial charge in [-0.15, -0.1) is 11.3 Å². The predicted molar refractivity (Wildman–Crippen MR) is 97.0 cm³/mol. The lowest BCUT2D eigenvalue weighted by molar-refractivity contribution is 0.663. The number of aryl methyl sites for hydroxylation is 1. The highest BCUT2D eigenvalue weighted by atomic mass is 35.5. The van der Waals surface area contributed by atoms with Crippen LogP contribution in [-0.4, -0.2) is 4.57 Å². The predicted octanol–water partition coefficient (Wildman–Crippen LogP) is 5.30. The molecular formula is C19H17ClN2S. The third-order valence-electron chi connectivity index (χ3n) is 4.13. The summed E-state index contributed by atoms with van der Waals surface area (Å²) in [5.41, 5.74) is 3.55. The van der Waals surface area contributed by atoms with Crippen molar-refractivity contribution >= 4 is 28.6 Å². The number of aromatic nitrogens is 1. The number of halogens is 1. The molecule has 4 rings (SSSR count). The van der Waals surface area contributed by atoms with Crippen LogP contribution in [0.1, 0.15) is 23.4 Å². The zero-order valence-electron chi connectivity index (χ0n) is 12.7. The van der Waals surface area contributed by atoms with Crippen LogP contribution in [0.25, 0.3) is 5.69 Å². The Balaban J connectivity index is 1.93. The third-order valence-corrected chi connectivity index (χ3v) is 5.53. The van der Waals surface area contributed by atoms with Crippen molar-refractivity contribution in [2.75, 3.05) is 0 Å². The molecule has 1 aromatic heterocycles. The van der Waals surface area contributed by atoms with Crippen molar-refractivity contribution in [3.8, 4) is 5.69 Å². The Morgan fingerprint density at radius 2 is 1.65 bits per heavy atom. The summed E-state index contributed by atoms with van der Waals surface area (Å²) in [6, 6.07) is 18.2. The van der Waals surface area contributed by atoms with Gasteiger partial charge in [0.15, 0.2) is 4.80 Å². The van der Waals surface area contributed by atoms with E-state index < -0.39 is 0 Å². The van der Waals surface area contributed by atoms with Crippen molar-refractivity contribution in [1.82, 2.24) is 4.57 Å². The second-order valence-electron chi connectivity index (χ2n) is 5.72. The number of para-hydroxylation sites is 1. The normalized spacial score (nSPS) is 14.7. The zero-order chi connectivity index (χ0) is 15.6. The molecule has 0 unspecified atom stereocenters. The fourth-order valence-electron chi connectivity index (χ4n) is 3.02. The second kappa shape index (κ2) is 6.34. The van der Waals surface area contributed by atoms with Crippen LogP contribution >= 0.6 is 22.9 Å². The first kappa shape index (κ1) is 14.7. The minimum absolute atomic E-state index is 0.764. The van der Waals surface area contributed by atoms with Gasteiger partial charge in [0.2, 0.25) is 0 Å². The van der Waals surface area contributed by atoms with E-state index in [2.05, 4.69) is 16.7 Å². The summed E-state index contributed by atoms with van der Waals surface area (Å²) in [4.78, 5) is 7.41. The Labute approximate surface area is 144 Å². The van der Waals surface area contributed by atoms with Gasteiger partial charge in [0.05, 0.1) is 5.69 Å². The summed E-state index contributed by atoms with van der Waals surface area (Å²) in [5, 5.41) is 0.764. The smallest absolute Gasteiger partial charge is 0.195 e. The molecule has 2 aromatic carbocycles. The molecular weight excluding hydrogens is 324 g/mol. The molecule has 1 aliphatic rings. The summed E-state index contributed by atoms with van der Waals surface area (Å²) < 4.78 is 2.31. The zero-order valence-corrected chi connectivity index (χ0v) is 14.3. The van der Waals surface area contributed by atoms with Crippen LogP contribution in [0.15, 0.2) is 59.6 Å². The van der Waals surface area contributed by atoms with Gasteiger partial charge in [-0.3, -0.25) is 4.57 Å². The molecule has 0 fully saturated rings. The van der Waals surface area contributed by atoms with Crippen molar-refractivity contribution in [2.24, 2.45) is 4.99 Å². The van der Waals surface area contributed by atoms with Crippen LogP contribution in [-0.2, 0) is 12.8 Å². The van der Waals surface area contributed by atoms with E-state index in [1.165, 1.54) is 23.4 Å². The maximum Gasteiger partial charge on any atom is 0.195 e. The van der Waals surface area contributed by atoms with Crippen LogP contribution in [0, 0.1) is 0 Å². The molecule has 0 bridgehead atoms. The number of nitrogens with zero attached hydrogens (tertiary/aromatic N) is 2. The number of hydrogen-bond acceptors (Lipinski definition) is 2. The molecule has 0 saturated carbocycles. The summed E-state index contributed by atoms with van der Waals surface area (Å²) in [5.74, 6) is 0. The van der Waals surface area contributed by atoms with E-state index in [1.807, 2.05) is 53.8 Å². The third kappa shape index (κ3) is 2.99. The van der Waals surface area contributed by atoms with E-state index in [-0.39, 0.29) is 0 Å². The van der Waals surface area contributed by atoms with Crippen molar-refractivity contribution in [3.63, 3.8) is 0 Å². The van der Waals surface area contributed by atoms with Gasteiger partial charge < -0.3 is 0 Å². The Bertz CT molecular complexity index is 876. The molecule has 1 aliphatic carbocycles. The second-order valence-corrected chi connectivity index (χ2v) is 7.22. The molecule has 0 N–H and O–H groups in total. The Morgan fingerprint density at radius 1 is 0.913 bits per heavy atom. The first-order chi connectivity index (χ1) is 11.3. The summed E-state index contributed by atoms with van der Waals surface area (Å²) in [6.45, 7) is 0. The van der Waals surface area contributed by atoms with Crippen LogP contribution in [0.3, 0.4) is 0 Å². The lowest BCUT2D eigenvalue weighted by Gasteiger charge is -2.14. The van der Waals surface area contributed by atoms with E-state index in [4.69, 9.17) is 16.6 Å². The Hall–Kier alpha value is -1.84. The van der Waals surface area contributed by atoms with Gasteiger partial charge in [-0.25, -0.2) is 4.99 Å². The molecule has 3 aromatic rings.